The average molecular weight is 301 g/mol. The summed E-state index contributed by atoms with van der Waals surface area (Å²) >= 11 is 1.49. The number of aliphatic carboxylic acids is 1. The number of thioether (sulfide) groups is 1. The minimum Gasteiger partial charge on any atom is -0.480 e. The van der Waals surface area contributed by atoms with Crippen molar-refractivity contribution in [2.75, 3.05) is 31.3 Å². The van der Waals surface area contributed by atoms with Crippen LogP contribution in [0.3, 0.4) is 0 Å². The number of carbonyl (C=O) groups is 2. The van der Waals surface area contributed by atoms with E-state index in [0.29, 0.717) is 30.1 Å². The normalized spacial score (nSPS) is 27.2. The average Bonchev–Trinajstić information content (AvgIpc) is 3.04. The molecule has 20 heavy (non-hydrogen) atoms. The number of amides is 2. The largest absolute Gasteiger partial charge is 0.480 e. The lowest BCUT2D eigenvalue weighted by Gasteiger charge is -2.23. The van der Waals surface area contributed by atoms with E-state index in [9.17, 15) is 9.59 Å². The van der Waals surface area contributed by atoms with Crippen LogP contribution >= 0.6 is 11.8 Å². The van der Waals surface area contributed by atoms with E-state index in [1.165, 1.54) is 16.7 Å². The zero-order valence-corrected chi connectivity index (χ0v) is 12.9. The van der Waals surface area contributed by atoms with Crippen molar-refractivity contribution < 1.29 is 14.7 Å². The SMILES string of the molecule is CC(C)N1CCC(CNC(=O)N2CSC[C@H]2C(=O)O)C1. The molecule has 0 bridgehead atoms. The van der Waals surface area contributed by atoms with E-state index >= 15 is 0 Å². The molecule has 2 heterocycles. The Morgan fingerprint density at radius 1 is 1.45 bits per heavy atom. The molecule has 114 valence electrons. The van der Waals surface area contributed by atoms with Crippen LogP contribution in [0.25, 0.3) is 0 Å². The Morgan fingerprint density at radius 3 is 2.80 bits per heavy atom. The maximum absolute atomic E-state index is 12.1. The lowest BCUT2D eigenvalue weighted by molar-refractivity contribution is -0.140. The summed E-state index contributed by atoms with van der Waals surface area (Å²) in [7, 11) is 0. The van der Waals surface area contributed by atoms with Crippen molar-refractivity contribution >= 4 is 23.8 Å². The molecule has 0 spiro atoms. The van der Waals surface area contributed by atoms with Crippen LogP contribution in [0.5, 0.6) is 0 Å². The predicted octanol–water partition coefficient (Wildman–Crippen LogP) is 0.886. The van der Waals surface area contributed by atoms with Gasteiger partial charge in [-0.25, -0.2) is 9.59 Å². The maximum atomic E-state index is 12.1. The molecule has 2 saturated heterocycles. The van der Waals surface area contributed by atoms with Gasteiger partial charge in [0.25, 0.3) is 0 Å². The van der Waals surface area contributed by atoms with Crippen molar-refractivity contribution in [1.82, 2.24) is 15.1 Å². The third kappa shape index (κ3) is 3.58. The van der Waals surface area contributed by atoms with Crippen LogP contribution in [0.4, 0.5) is 4.79 Å². The molecule has 2 amide bonds. The first-order chi connectivity index (χ1) is 9.49. The van der Waals surface area contributed by atoms with Crippen LogP contribution in [0.15, 0.2) is 0 Å². The molecule has 2 atom stereocenters. The van der Waals surface area contributed by atoms with E-state index in [1.807, 2.05) is 0 Å². The Balaban J connectivity index is 1.77. The molecule has 0 aliphatic carbocycles. The highest BCUT2D eigenvalue weighted by Crippen LogP contribution is 2.21. The van der Waals surface area contributed by atoms with Gasteiger partial charge in [0.15, 0.2) is 0 Å². The van der Waals surface area contributed by atoms with E-state index < -0.39 is 12.0 Å². The molecule has 2 aliphatic heterocycles. The smallest absolute Gasteiger partial charge is 0.327 e. The summed E-state index contributed by atoms with van der Waals surface area (Å²) in [6, 6.07) is -0.386. The number of carbonyl (C=O) groups excluding carboxylic acids is 1. The molecule has 2 N–H and O–H groups in total. The molecule has 0 aromatic heterocycles. The van der Waals surface area contributed by atoms with Gasteiger partial charge in [0.1, 0.15) is 6.04 Å². The van der Waals surface area contributed by atoms with Gasteiger partial charge in [-0.15, -0.1) is 11.8 Å². The molecule has 0 radical (unpaired) electrons. The zero-order valence-electron chi connectivity index (χ0n) is 12.0. The Hall–Kier alpha value is -0.950. The molecule has 2 rings (SSSR count). The van der Waals surface area contributed by atoms with Crippen molar-refractivity contribution in [3.63, 3.8) is 0 Å². The lowest BCUT2D eigenvalue weighted by Crippen LogP contribution is -2.48. The lowest BCUT2D eigenvalue weighted by atomic mass is 10.1. The van der Waals surface area contributed by atoms with Crippen molar-refractivity contribution in [2.45, 2.75) is 32.4 Å². The van der Waals surface area contributed by atoms with Gasteiger partial charge in [0.05, 0.1) is 5.88 Å². The van der Waals surface area contributed by atoms with Gasteiger partial charge < -0.3 is 20.2 Å². The molecule has 1 unspecified atom stereocenters. The molecule has 6 nitrogen and oxygen atoms in total. The van der Waals surface area contributed by atoms with E-state index in [4.69, 9.17) is 5.11 Å². The minimum atomic E-state index is -0.919. The number of urea groups is 1. The summed E-state index contributed by atoms with van der Waals surface area (Å²) in [6.45, 7) is 7.08. The highest BCUT2D eigenvalue weighted by Gasteiger charge is 2.35. The monoisotopic (exact) mass is 301 g/mol. The van der Waals surface area contributed by atoms with E-state index in [1.54, 1.807) is 0 Å². The molecule has 0 saturated carbocycles. The molecule has 2 fully saturated rings. The standard InChI is InChI=1S/C13H23N3O3S/c1-9(2)15-4-3-10(6-15)5-14-13(19)16-8-20-7-11(16)12(17)18/h9-11H,3-8H2,1-2H3,(H,14,19)(H,17,18)/t10?,11-/m0/s1. The van der Waals surface area contributed by atoms with Gasteiger partial charge in [0.2, 0.25) is 0 Å². The summed E-state index contributed by atoms with van der Waals surface area (Å²) in [5.41, 5.74) is 0. The third-order valence-electron chi connectivity index (χ3n) is 4.02. The number of carboxylic acids is 1. The number of nitrogens with zero attached hydrogens (tertiary/aromatic N) is 2. The molecular formula is C13H23N3O3S. The number of hydrogen-bond acceptors (Lipinski definition) is 4. The number of hydrogen-bond donors (Lipinski definition) is 2. The second-order valence-corrected chi connectivity index (χ2v) is 6.75. The van der Waals surface area contributed by atoms with Crippen molar-refractivity contribution in [2.24, 2.45) is 5.92 Å². The van der Waals surface area contributed by atoms with Gasteiger partial charge in [-0.2, -0.15) is 0 Å². The van der Waals surface area contributed by atoms with Gasteiger partial charge in [-0.1, -0.05) is 0 Å². The maximum Gasteiger partial charge on any atom is 0.327 e. The Bertz CT molecular complexity index is 378. The van der Waals surface area contributed by atoms with E-state index in [2.05, 4.69) is 24.1 Å². The van der Waals surface area contributed by atoms with E-state index in [-0.39, 0.29) is 6.03 Å². The molecule has 0 aromatic carbocycles. The van der Waals surface area contributed by atoms with Crippen LogP contribution in [0.1, 0.15) is 20.3 Å². The molecule has 0 aromatic rings. The summed E-state index contributed by atoms with van der Waals surface area (Å²) in [4.78, 5) is 26.9. The van der Waals surface area contributed by atoms with Crippen LogP contribution < -0.4 is 5.32 Å². The summed E-state index contributed by atoms with van der Waals surface area (Å²) in [5, 5.41) is 12.0. The van der Waals surface area contributed by atoms with Gasteiger partial charge in [-0.05, 0) is 32.7 Å². The first-order valence-electron chi connectivity index (χ1n) is 7.08. The number of carboxylic acid groups (broad SMARTS) is 1. The summed E-state index contributed by atoms with van der Waals surface area (Å²) in [6.07, 6.45) is 1.09. The summed E-state index contributed by atoms with van der Waals surface area (Å²) < 4.78 is 0. The molecular weight excluding hydrogens is 278 g/mol. The van der Waals surface area contributed by atoms with Crippen LogP contribution in [0.2, 0.25) is 0 Å². The molecule has 2 aliphatic rings. The topological polar surface area (TPSA) is 72.9 Å². The Morgan fingerprint density at radius 2 is 2.20 bits per heavy atom. The first kappa shape index (κ1) is 15.4. The minimum absolute atomic E-state index is 0.245. The molecule has 7 heteroatoms. The van der Waals surface area contributed by atoms with Crippen molar-refractivity contribution in [3.8, 4) is 0 Å². The van der Waals surface area contributed by atoms with Crippen molar-refractivity contribution in [1.29, 1.82) is 0 Å². The number of rotatable bonds is 4. The highest BCUT2D eigenvalue weighted by molar-refractivity contribution is 7.99. The predicted molar refractivity (Wildman–Crippen MR) is 78.8 cm³/mol. The van der Waals surface area contributed by atoms with Crippen LogP contribution in [-0.4, -0.2) is 70.3 Å². The van der Waals surface area contributed by atoms with E-state index in [0.717, 1.165) is 19.5 Å². The van der Waals surface area contributed by atoms with Gasteiger partial charge in [0, 0.05) is 24.9 Å². The first-order valence-corrected chi connectivity index (χ1v) is 8.23. The Kier molecular flexibility index (Phi) is 5.15. The third-order valence-corrected chi connectivity index (χ3v) is 5.03. The second kappa shape index (κ2) is 6.67. The fraction of sp³-hybridized carbons (Fsp3) is 0.846. The Labute approximate surface area is 123 Å². The van der Waals surface area contributed by atoms with Gasteiger partial charge in [-0.3, -0.25) is 0 Å². The number of nitrogens with one attached hydrogen (secondary N) is 1. The zero-order chi connectivity index (χ0) is 14.7. The van der Waals surface area contributed by atoms with Crippen molar-refractivity contribution in [3.05, 3.63) is 0 Å². The fourth-order valence-corrected chi connectivity index (χ4v) is 3.82. The van der Waals surface area contributed by atoms with Crippen LogP contribution in [-0.2, 0) is 4.79 Å². The second-order valence-electron chi connectivity index (χ2n) is 5.75. The highest BCUT2D eigenvalue weighted by atomic mass is 32.2. The number of likely N-dealkylation sites (tertiary alicyclic amines) is 1. The fourth-order valence-electron chi connectivity index (χ4n) is 2.68. The van der Waals surface area contributed by atoms with Crippen LogP contribution in [0, 0.1) is 5.92 Å². The van der Waals surface area contributed by atoms with Gasteiger partial charge >= 0.3 is 12.0 Å². The quantitative estimate of drug-likeness (QED) is 0.806. The summed E-state index contributed by atoms with van der Waals surface area (Å²) in [5.74, 6) is 0.496.